The number of nitrogens with zero attached hydrogens (tertiary/aromatic N) is 6. The van der Waals surface area contributed by atoms with Gasteiger partial charge in [-0.2, -0.15) is 5.26 Å². The number of anilines is 4. The Bertz CT molecular complexity index is 1630. The average Bonchev–Trinajstić information content (AvgIpc) is 3.37. The van der Waals surface area contributed by atoms with Crippen LogP contribution in [0.4, 0.5) is 22.9 Å². The lowest BCUT2D eigenvalue weighted by molar-refractivity contribution is 0.553. The van der Waals surface area contributed by atoms with Crippen molar-refractivity contribution in [3.8, 4) is 17.3 Å². The fourth-order valence-corrected chi connectivity index (χ4v) is 4.55. The van der Waals surface area contributed by atoms with E-state index in [9.17, 15) is 0 Å². The van der Waals surface area contributed by atoms with Crippen LogP contribution >= 0.6 is 0 Å². The molecular weight excluding hydrogens is 486 g/mol. The molecule has 2 aromatic carbocycles. The first kappa shape index (κ1) is 23.9. The summed E-state index contributed by atoms with van der Waals surface area (Å²) in [5, 5.41) is 24.4. The highest BCUT2D eigenvalue weighted by atomic mass is 15.4. The van der Waals surface area contributed by atoms with Gasteiger partial charge in [0, 0.05) is 31.4 Å². The molecule has 2 aromatic heterocycles. The number of hydrogen-bond donors (Lipinski definition) is 3. The molecule has 2 aliphatic rings. The number of amidine groups is 1. The number of benzene rings is 2. The first-order valence-corrected chi connectivity index (χ1v) is 12.5. The largest absolute Gasteiger partial charge is 0.378 e. The van der Waals surface area contributed by atoms with E-state index in [1.807, 2.05) is 54.4 Å². The third-order valence-corrected chi connectivity index (χ3v) is 6.63. The summed E-state index contributed by atoms with van der Waals surface area (Å²) in [4.78, 5) is 17.1. The lowest BCUT2D eigenvalue weighted by Crippen LogP contribution is -2.33. The second-order valence-electron chi connectivity index (χ2n) is 9.22. The highest BCUT2D eigenvalue weighted by Gasteiger charge is 2.31. The van der Waals surface area contributed by atoms with Gasteiger partial charge in [0.1, 0.15) is 17.7 Å². The van der Waals surface area contributed by atoms with Crippen molar-refractivity contribution in [1.82, 2.24) is 19.9 Å². The summed E-state index contributed by atoms with van der Waals surface area (Å²) < 4.78 is 0. The number of pyridine rings is 1. The Kier molecular flexibility index (Phi) is 6.19. The van der Waals surface area contributed by atoms with Crippen molar-refractivity contribution in [2.75, 3.05) is 29.1 Å². The highest BCUT2D eigenvalue weighted by molar-refractivity contribution is 6.03. The molecule has 0 radical (unpaired) electrons. The minimum atomic E-state index is 0.144. The Morgan fingerprint density at radius 1 is 1.03 bits per heavy atom. The molecule has 0 atom stereocenters. The Labute approximate surface area is 226 Å². The molecule has 0 saturated carbocycles. The second kappa shape index (κ2) is 10.1. The van der Waals surface area contributed by atoms with Crippen molar-refractivity contribution in [2.24, 2.45) is 0 Å². The van der Waals surface area contributed by atoms with E-state index in [0.717, 1.165) is 51.1 Å². The highest BCUT2D eigenvalue weighted by Crippen LogP contribution is 2.43. The van der Waals surface area contributed by atoms with Crippen LogP contribution in [0.1, 0.15) is 11.4 Å². The number of likely N-dealkylation sites (N-methyl/N-ethyl adjacent to an activating group) is 1. The van der Waals surface area contributed by atoms with Gasteiger partial charge in [0.05, 0.1) is 35.0 Å². The zero-order valence-corrected chi connectivity index (χ0v) is 21.3. The summed E-state index contributed by atoms with van der Waals surface area (Å²) in [5.74, 6) is 2.18. The molecule has 9 heteroatoms. The number of nitriles is 1. The number of hydrogen-bond acceptors (Lipinski definition) is 8. The molecule has 0 spiro atoms. The summed E-state index contributed by atoms with van der Waals surface area (Å²) in [5.41, 5.74) is 6.35. The summed E-state index contributed by atoms with van der Waals surface area (Å²) in [7, 11) is 1.92. The monoisotopic (exact) mass is 511 g/mol. The van der Waals surface area contributed by atoms with Crippen molar-refractivity contribution in [1.29, 1.82) is 10.7 Å². The van der Waals surface area contributed by atoms with Crippen molar-refractivity contribution in [2.45, 2.75) is 6.54 Å². The third kappa shape index (κ3) is 4.67. The Morgan fingerprint density at radius 3 is 2.54 bits per heavy atom. The summed E-state index contributed by atoms with van der Waals surface area (Å²) in [6.07, 6.45) is 7.27. The minimum absolute atomic E-state index is 0.144. The van der Waals surface area contributed by atoms with Crippen LogP contribution in [0.2, 0.25) is 0 Å². The zero-order chi connectivity index (χ0) is 26.8. The maximum absolute atomic E-state index is 8.89. The van der Waals surface area contributed by atoms with Crippen molar-refractivity contribution >= 4 is 28.7 Å². The predicted octanol–water partition coefficient (Wildman–Crippen LogP) is 5.28. The van der Waals surface area contributed by atoms with Gasteiger partial charge in [-0.15, -0.1) is 0 Å². The Balaban J connectivity index is 1.35. The lowest BCUT2D eigenvalue weighted by atomic mass is 10.1. The van der Waals surface area contributed by atoms with Gasteiger partial charge in [0.25, 0.3) is 0 Å². The van der Waals surface area contributed by atoms with E-state index >= 15 is 0 Å². The van der Waals surface area contributed by atoms with Gasteiger partial charge in [-0.25, -0.2) is 15.0 Å². The lowest BCUT2D eigenvalue weighted by Gasteiger charge is -2.27. The molecule has 4 heterocycles. The molecule has 190 valence electrons. The molecule has 3 N–H and O–H groups in total. The predicted molar refractivity (Wildman–Crippen MR) is 152 cm³/mol. The number of aromatic nitrogens is 3. The van der Waals surface area contributed by atoms with E-state index < -0.39 is 0 Å². The standard InChI is InChI=1S/C30H25N9/c1-38-15-5-8-24(28(38)32)29-37-26-14-13-25(21-6-3-2-4-7-21)36-30(26)39(29)23-11-9-20(10-12-23)17-33-22-18-34-27(16-31)35-19-22/h2-14,18-19,32-33,37H,15,17H2,1H3/b29-24+,32-28?. The van der Waals surface area contributed by atoms with Crippen LogP contribution in [0.25, 0.3) is 11.3 Å². The first-order valence-electron chi connectivity index (χ1n) is 12.5. The van der Waals surface area contributed by atoms with Crippen LogP contribution in [-0.2, 0) is 6.54 Å². The van der Waals surface area contributed by atoms with Gasteiger partial charge in [-0.1, -0.05) is 48.5 Å². The molecule has 9 nitrogen and oxygen atoms in total. The van der Waals surface area contributed by atoms with Gasteiger partial charge >= 0.3 is 0 Å². The second-order valence-corrected chi connectivity index (χ2v) is 9.22. The van der Waals surface area contributed by atoms with E-state index in [-0.39, 0.29) is 5.82 Å². The number of rotatable bonds is 5. The van der Waals surface area contributed by atoms with Gasteiger partial charge in [0.15, 0.2) is 5.82 Å². The molecule has 0 unspecified atom stereocenters. The summed E-state index contributed by atoms with van der Waals surface area (Å²) >= 11 is 0. The van der Waals surface area contributed by atoms with Gasteiger partial charge in [-0.05, 0) is 35.9 Å². The molecule has 4 aromatic rings. The van der Waals surface area contributed by atoms with Crippen molar-refractivity contribution in [3.63, 3.8) is 0 Å². The molecule has 2 aliphatic heterocycles. The van der Waals surface area contributed by atoms with E-state index in [4.69, 9.17) is 15.7 Å². The summed E-state index contributed by atoms with van der Waals surface area (Å²) in [6.45, 7) is 1.28. The third-order valence-electron chi connectivity index (χ3n) is 6.63. The van der Waals surface area contributed by atoms with Crippen LogP contribution in [0.5, 0.6) is 0 Å². The quantitative estimate of drug-likeness (QED) is 0.332. The van der Waals surface area contributed by atoms with E-state index in [0.29, 0.717) is 18.9 Å². The molecule has 0 fully saturated rings. The molecular formula is C30H25N9. The maximum atomic E-state index is 8.89. The normalized spacial score (nSPS) is 16.1. The average molecular weight is 512 g/mol. The van der Waals surface area contributed by atoms with Crippen LogP contribution in [0.15, 0.2) is 103 Å². The van der Waals surface area contributed by atoms with Crippen LogP contribution in [-0.4, -0.2) is 39.3 Å². The van der Waals surface area contributed by atoms with E-state index in [1.54, 1.807) is 12.4 Å². The van der Waals surface area contributed by atoms with E-state index in [1.165, 1.54) is 0 Å². The fourth-order valence-electron chi connectivity index (χ4n) is 4.55. The van der Waals surface area contributed by atoms with Crippen LogP contribution in [0, 0.1) is 16.7 Å². The topological polar surface area (TPSA) is 117 Å². The molecule has 6 rings (SSSR count). The number of nitrogens with one attached hydrogen (secondary N) is 3. The minimum Gasteiger partial charge on any atom is -0.378 e. The van der Waals surface area contributed by atoms with Crippen molar-refractivity contribution < 1.29 is 0 Å². The van der Waals surface area contributed by atoms with Gasteiger partial charge in [0.2, 0.25) is 5.82 Å². The SMILES string of the molecule is CN1CC=C/C(=C2/Nc3ccc(-c4ccccc4)nc3N2c2ccc(CNc3cnc(C#N)nc3)cc2)C1=N. The maximum Gasteiger partial charge on any atom is 0.232 e. The fraction of sp³-hybridized carbons (Fsp3) is 0.100. The Morgan fingerprint density at radius 2 is 1.79 bits per heavy atom. The smallest absolute Gasteiger partial charge is 0.232 e. The van der Waals surface area contributed by atoms with Gasteiger partial charge in [-0.3, -0.25) is 10.3 Å². The summed E-state index contributed by atoms with van der Waals surface area (Å²) in [6, 6.07) is 24.3. The molecule has 0 amide bonds. The zero-order valence-electron chi connectivity index (χ0n) is 21.3. The molecule has 0 bridgehead atoms. The Hall–Kier alpha value is -5.49. The van der Waals surface area contributed by atoms with E-state index in [2.05, 4.69) is 68.0 Å². The van der Waals surface area contributed by atoms with Gasteiger partial charge < -0.3 is 15.5 Å². The van der Waals surface area contributed by atoms with Crippen LogP contribution in [0.3, 0.4) is 0 Å². The van der Waals surface area contributed by atoms with Crippen molar-refractivity contribution in [3.05, 3.63) is 114 Å². The number of fused-ring (bicyclic) bond motifs is 1. The first-order chi connectivity index (χ1) is 19.1. The van der Waals surface area contributed by atoms with Crippen LogP contribution < -0.4 is 15.5 Å². The molecule has 0 saturated heterocycles. The molecule has 0 aliphatic carbocycles. The molecule has 39 heavy (non-hydrogen) atoms.